The van der Waals surface area contributed by atoms with Gasteiger partial charge in [-0.25, -0.2) is 9.38 Å². The second-order valence-electron chi connectivity index (χ2n) is 9.25. The molecule has 1 aliphatic rings. The van der Waals surface area contributed by atoms with E-state index in [9.17, 15) is 9.18 Å². The number of rotatable bonds is 2. The van der Waals surface area contributed by atoms with Gasteiger partial charge < -0.3 is 10.6 Å². The summed E-state index contributed by atoms with van der Waals surface area (Å²) in [5.74, 6) is -0.293. The van der Waals surface area contributed by atoms with E-state index in [-0.39, 0.29) is 17.3 Å². The molecule has 1 aliphatic heterocycles. The number of guanidine groups is 1. The van der Waals surface area contributed by atoms with Crippen LogP contribution >= 0.6 is 11.6 Å². The number of halogens is 2. The highest BCUT2D eigenvalue weighted by Gasteiger charge is 2.21. The summed E-state index contributed by atoms with van der Waals surface area (Å²) in [7, 11) is 0. The van der Waals surface area contributed by atoms with Crippen LogP contribution in [-0.4, -0.2) is 30.5 Å². The summed E-state index contributed by atoms with van der Waals surface area (Å²) >= 11 is 6.06. The van der Waals surface area contributed by atoms with Crippen molar-refractivity contribution in [1.82, 2.24) is 16.0 Å². The number of carbonyl (C=O) groups is 1. The first-order chi connectivity index (χ1) is 15.7. The number of carbonyl (C=O) groups excluding carboxylic acids is 1. The van der Waals surface area contributed by atoms with Crippen molar-refractivity contribution in [2.45, 2.75) is 58.2 Å². The normalized spacial score (nSPS) is 17.8. The fourth-order valence-electron chi connectivity index (χ4n) is 3.60. The van der Waals surface area contributed by atoms with Gasteiger partial charge in [0.05, 0.1) is 0 Å². The Morgan fingerprint density at radius 2 is 1.85 bits per heavy atom. The first-order valence-electron chi connectivity index (χ1n) is 11.4. The van der Waals surface area contributed by atoms with Gasteiger partial charge in [-0.2, -0.15) is 0 Å². The third kappa shape index (κ3) is 8.02. The highest BCUT2D eigenvalue weighted by atomic mass is 35.5. The van der Waals surface area contributed by atoms with E-state index in [2.05, 4.69) is 21.3 Å². The molecule has 178 valence electrons. The lowest BCUT2D eigenvalue weighted by atomic mass is 10.1. The lowest BCUT2D eigenvalue weighted by Gasteiger charge is -2.26. The molecule has 2 aromatic rings. The molecule has 0 aliphatic carbocycles. The van der Waals surface area contributed by atoms with Crippen LogP contribution in [0.5, 0.6) is 0 Å². The minimum Gasteiger partial charge on any atom is -0.385 e. The molecule has 0 aromatic heterocycles. The third-order valence-corrected chi connectivity index (χ3v) is 5.37. The quantitative estimate of drug-likeness (QED) is 0.356. The summed E-state index contributed by atoms with van der Waals surface area (Å²) in [6.07, 6.45) is 3.78. The maximum Gasteiger partial charge on any atom is 0.257 e. The van der Waals surface area contributed by atoms with E-state index >= 15 is 0 Å². The Labute approximate surface area is 200 Å². The number of nitrogens with zero attached hydrogens (tertiary/aromatic N) is 1. The molecule has 0 saturated carbocycles. The minimum absolute atomic E-state index is 0.304. The second kappa shape index (κ2) is 11.5. The number of nitrogens with one attached hydrogen (secondary N) is 4. The summed E-state index contributed by atoms with van der Waals surface area (Å²) in [5.41, 5.74) is 1.61. The van der Waals surface area contributed by atoms with Gasteiger partial charge in [0.15, 0.2) is 0 Å². The standard InChI is InChI=1S/C25H33ClFN5O/c1-25(2,3)32-24(31-23(33)17-9-8-10-18(26)15-17)30-22-20-12-11-19(27)16-21(20)28-13-6-4-5-7-14-29-22/h8-12,15-16,22,28-29H,4-7,13-14H2,1-3H3,(H2,30,31,32,33). The molecule has 8 heteroatoms. The zero-order chi connectivity index (χ0) is 23.8. The summed E-state index contributed by atoms with van der Waals surface area (Å²) in [5, 5.41) is 13.5. The van der Waals surface area contributed by atoms with E-state index in [1.807, 2.05) is 20.8 Å². The van der Waals surface area contributed by atoms with E-state index in [1.165, 1.54) is 12.1 Å². The fraction of sp³-hybridized carbons (Fsp3) is 0.440. The molecule has 1 atom stereocenters. The molecule has 2 aromatic carbocycles. The molecule has 1 heterocycles. The predicted molar refractivity (Wildman–Crippen MR) is 133 cm³/mol. The van der Waals surface area contributed by atoms with Crippen LogP contribution in [0.4, 0.5) is 10.1 Å². The zero-order valence-corrected chi connectivity index (χ0v) is 20.2. The van der Waals surface area contributed by atoms with Crippen LogP contribution in [0.3, 0.4) is 0 Å². The molecule has 0 spiro atoms. The van der Waals surface area contributed by atoms with Gasteiger partial charge in [0.25, 0.3) is 5.91 Å². The van der Waals surface area contributed by atoms with E-state index in [1.54, 1.807) is 30.3 Å². The summed E-state index contributed by atoms with van der Waals surface area (Å²) in [6, 6.07) is 11.4. The van der Waals surface area contributed by atoms with E-state index in [0.29, 0.717) is 22.2 Å². The number of fused-ring (bicyclic) bond motifs is 1. The molecule has 0 radical (unpaired) electrons. The van der Waals surface area contributed by atoms with Crippen molar-refractivity contribution in [2.75, 3.05) is 18.4 Å². The van der Waals surface area contributed by atoms with Gasteiger partial charge in [-0.1, -0.05) is 36.6 Å². The monoisotopic (exact) mass is 473 g/mol. The number of aliphatic imine (C=N–C) groups is 1. The summed E-state index contributed by atoms with van der Waals surface area (Å²) < 4.78 is 14.0. The van der Waals surface area contributed by atoms with Crippen molar-refractivity contribution in [2.24, 2.45) is 4.99 Å². The van der Waals surface area contributed by atoms with Crippen LogP contribution in [0.25, 0.3) is 0 Å². The van der Waals surface area contributed by atoms with Crippen molar-refractivity contribution >= 4 is 29.2 Å². The second-order valence-corrected chi connectivity index (χ2v) is 9.68. The van der Waals surface area contributed by atoms with Crippen molar-refractivity contribution in [3.8, 4) is 0 Å². The molecule has 4 N–H and O–H groups in total. The number of benzene rings is 2. The molecule has 0 fully saturated rings. The lowest BCUT2D eigenvalue weighted by Crippen LogP contribution is -2.50. The van der Waals surface area contributed by atoms with Gasteiger partial charge in [0, 0.05) is 33.9 Å². The SMILES string of the molecule is CC(C)(C)NC(=NC1NCCCCCCNc2cc(F)ccc21)NC(=O)c1cccc(Cl)c1. The first kappa shape index (κ1) is 25.0. The van der Waals surface area contributed by atoms with Gasteiger partial charge in [-0.15, -0.1) is 0 Å². The Balaban J connectivity index is 1.96. The molecule has 1 unspecified atom stereocenters. The van der Waals surface area contributed by atoms with Gasteiger partial charge >= 0.3 is 0 Å². The molecule has 3 rings (SSSR count). The molecular formula is C25H33ClFN5O. The third-order valence-electron chi connectivity index (χ3n) is 5.14. The molecule has 0 saturated heterocycles. The van der Waals surface area contributed by atoms with Crippen LogP contribution in [0.2, 0.25) is 5.02 Å². The first-order valence-corrected chi connectivity index (χ1v) is 11.8. The average molecular weight is 474 g/mol. The maximum absolute atomic E-state index is 14.0. The molecular weight excluding hydrogens is 441 g/mol. The van der Waals surface area contributed by atoms with Crippen LogP contribution in [-0.2, 0) is 0 Å². The van der Waals surface area contributed by atoms with Gasteiger partial charge in [0.2, 0.25) is 5.96 Å². The van der Waals surface area contributed by atoms with Crippen LogP contribution in [0, 0.1) is 5.82 Å². The van der Waals surface area contributed by atoms with Crippen LogP contribution in [0.15, 0.2) is 47.5 Å². The topological polar surface area (TPSA) is 77.6 Å². The highest BCUT2D eigenvalue weighted by Crippen LogP contribution is 2.26. The van der Waals surface area contributed by atoms with Crippen LogP contribution in [0.1, 0.15) is 68.5 Å². The number of hydrogen-bond acceptors (Lipinski definition) is 4. The Hall–Kier alpha value is -2.64. The van der Waals surface area contributed by atoms with Gasteiger partial charge in [-0.3, -0.25) is 15.4 Å². The number of hydrogen-bond donors (Lipinski definition) is 4. The Bertz CT molecular complexity index is 989. The molecule has 0 bridgehead atoms. The zero-order valence-electron chi connectivity index (χ0n) is 19.5. The Kier molecular flexibility index (Phi) is 8.69. The van der Waals surface area contributed by atoms with E-state index in [4.69, 9.17) is 16.6 Å². The van der Waals surface area contributed by atoms with Crippen molar-refractivity contribution in [3.05, 3.63) is 64.4 Å². The summed E-state index contributed by atoms with van der Waals surface area (Å²) in [6.45, 7) is 7.50. The lowest BCUT2D eigenvalue weighted by molar-refractivity contribution is 0.0975. The van der Waals surface area contributed by atoms with Gasteiger partial charge in [-0.05, 0) is 70.5 Å². The smallest absolute Gasteiger partial charge is 0.257 e. The average Bonchev–Trinajstić information content (AvgIpc) is 2.77. The van der Waals surface area contributed by atoms with Crippen molar-refractivity contribution in [3.63, 3.8) is 0 Å². The summed E-state index contributed by atoms with van der Waals surface area (Å²) in [4.78, 5) is 17.8. The Morgan fingerprint density at radius 3 is 2.58 bits per heavy atom. The number of amides is 1. The maximum atomic E-state index is 14.0. The fourth-order valence-corrected chi connectivity index (χ4v) is 3.79. The van der Waals surface area contributed by atoms with E-state index in [0.717, 1.165) is 44.3 Å². The van der Waals surface area contributed by atoms with Gasteiger partial charge in [0.1, 0.15) is 12.0 Å². The molecule has 33 heavy (non-hydrogen) atoms. The van der Waals surface area contributed by atoms with Crippen molar-refractivity contribution < 1.29 is 9.18 Å². The highest BCUT2D eigenvalue weighted by molar-refractivity contribution is 6.31. The molecule has 6 nitrogen and oxygen atoms in total. The van der Waals surface area contributed by atoms with Crippen LogP contribution < -0.4 is 21.3 Å². The minimum atomic E-state index is -0.476. The Morgan fingerprint density at radius 1 is 1.09 bits per heavy atom. The number of anilines is 1. The molecule has 1 amide bonds. The van der Waals surface area contributed by atoms with Crippen molar-refractivity contribution in [1.29, 1.82) is 0 Å². The largest absolute Gasteiger partial charge is 0.385 e. The predicted octanol–water partition coefficient (Wildman–Crippen LogP) is 5.23. The van der Waals surface area contributed by atoms with E-state index < -0.39 is 6.17 Å².